The van der Waals surface area contributed by atoms with E-state index in [-0.39, 0.29) is 17.3 Å². The SMILES string of the molecule is CNC1CC(C)(C)Cc2nc(-c3c(F)cccc3Cl)sc21. The number of hydrogen-bond donors (Lipinski definition) is 1. The van der Waals surface area contributed by atoms with Crippen LogP contribution in [0.3, 0.4) is 0 Å². The quantitative estimate of drug-likeness (QED) is 0.855. The number of halogens is 2. The molecule has 0 bridgehead atoms. The summed E-state index contributed by atoms with van der Waals surface area (Å²) in [5, 5.41) is 4.45. The molecule has 1 aliphatic rings. The fourth-order valence-corrected chi connectivity index (χ4v) is 4.54. The van der Waals surface area contributed by atoms with Crippen molar-refractivity contribution in [1.82, 2.24) is 10.3 Å². The molecule has 0 saturated carbocycles. The van der Waals surface area contributed by atoms with Gasteiger partial charge < -0.3 is 5.32 Å². The molecular weight excluding hydrogens is 307 g/mol. The molecule has 1 N–H and O–H groups in total. The summed E-state index contributed by atoms with van der Waals surface area (Å²) in [4.78, 5) is 5.90. The van der Waals surface area contributed by atoms with Crippen LogP contribution in [0.15, 0.2) is 18.2 Å². The fourth-order valence-electron chi connectivity index (χ4n) is 2.98. The zero-order valence-electron chi connectivity index (χ0n) is 12.3. The van der Waals surface area contributed by atoms with Crippen molar-refractivity contribution in [2.45, 2.75) is 32.7 Å². The molecular formula is C16H18ClFN2S. The topological polar surface area (TPSA) is 24.9 Å². The first-order valence-corrected chi connectivity index (χ1v) is 8.22. The molecule has 1 atom stereocenters. The summed E-state index contributed by atoms with van der Waals surface area (Å²) in [5.74, 6) is -0.311. The maximum atomic E-state index is 14.1. The van der Waals surface area contributed by atoms with Crippen LogP contribution in [0.2, 0.25) is 5.02 Å². The number of benzene rings is 1. The maximum Gasteiger partial charge on any atom is 0.134 e. The normalized spacial score (nSPS) is 20.3. The summed E-state index contributed by atoms with van der Waals surface area (Å²) >= 11 is 7.72. The van der Waals surface area contributed by atoms with E-state index in [0.29, 0.717) is 15.6 Å². The van der Waals surface area contributed by atoms with Gasteiger partial charge in [-0.3, -0.25) is 0 Å². The lowest BCUT2D eigenvalue weighted by molar-refractivity contribution is 0.265. The standard InChI is InChI=1S/C16H18ClFN2S/c1-16(2)7-11(19-3)14-12(8-16)20-15(21-14)13-9(17)5-4-6-10(13)18/h4-6,11,19H,7-8H2,1-3H3. The minimum Gasteiger partial charge on any atom is -0.312 e. The number of aromatic nitrogens is 1. The van der Waals surface area contributed by atoms with Gasteiger partial charge in [0.2, 0.25) is 0 Å². The number of nitrogens with zero attached hydrogens (tertiary/aromatic N) is 1. The predicted molar refractivity (Wildman–Crippen MR) is 86.4 cm³/mol. The highest BCUT2D eigenvalue weighted by Crippen LogP contribution is 2.45. The zero-order valence-corrected chi connectivity index (χ0v) is 13.9. The Hall–Kier alpha value is -0.970. The van der Waals surface area contributed by atoms with E-state index >= 15 is 0 Å². The zero-order chi connectivity index (χ0) is 15.2. The van der Waals surface area contributed by atoms with Crippen LogP contribution in [0.25, 0.3) is 10.6 Å². The molecule has 1 aromatic carbocycles. The molecule has 1 aliphatic carbocycles. The third kappa shape index (κ3) is 2.72. The lowest BCUT2D eigenvalue weighted by atomic mass is 9.76. The van der Waals surface area contributed by atoms with E-state index in [1.165, 1.54) is 10.9 Å². The number of thiazole rings is 1. The molecule has 0 aliphatic heterocycles. The van der Waals surface area contributed by atoms with Crippen LogP contribution in [0.4, 0.5) is 4.39 Å². The summed E-state index contributed by atoms with van der Waals surface area (Å²) in [7, 11) is 1.96. The Kier molecular flexibility index (Phi) is 3.80. The molecule has 5 heteroatoms. The van der Waals surface area contributed by atoms with E-state index in [1.54, 1.807) is 23.5 Å². The number of nitrogens with one attached hydrogen (secondary N) is 1. The highest BCUT2D eigenvalue weighted by Gasteiger charge is 2.34. The summed E-state index contributed by atoms with van der Waals surface area (Å²) in [6.45, 7) is 4.49. The van der Waals surface area contributed by atoms with Crippen LogP contribution in [0.1, 0.15) is 36.9 Å². The summed E-state index contributed by atoms with van der Waals surface area (Å²) in [6, 6.07) is 5.04. The van der Waals surface area contributed by atoms with Gasteiger partial charge in [0.25, 0.3) is 0 Å². The van der Waals surface area contributed by atoms with Gasteiger partial charge in [0.05, 0.1) is 16.3 Å². The van der Waals surface area contributed by atoms with Gasteiger partial charge in [-0.1, -0.05) is 31.5 Å². The van der Waals surface area contributed by atoms with Crippen LogP contribution in [0, 0.1) is 11.2 Å². The first-order valence-electron chi connectivity index (χ1n) is 7.02. The van der Waals surface area contributed by atoms with Gasteiger partial charge in [0.1, 0.15) is 10.8 Å². The summed E-state index contributed by atoms with van der Waals surface area (Å²) in [5.41, 5.74) is 1.70. The number of hydrogen-bond acceptors (Lipinski definition) is 3. The molecule has 0 spiro atoms. The summed E-state index contributed by atoms with van der Waals surface area (Å²) in [6.07, 6.45) is 1.98. The Morgan fingerprint density at radius 2 is 2.19 bits per heavy atom. The molecule has 1 aromatic heterocycles. The first-order chi connectivity index (χ1) is 9.91. The number of fused-ring (bicyclic) bond motifs is 1. The second-order valence-corrected chi connectivity index (χ2v) is 7.75. The van der Waals surface area contributed by atoms with E-state index in [1.807, 2.05) is 7.05 Å². The molecule has 0 amide bonds. The summed E-state index contributed by atoms with van der Waals surface area (Å²) < 4.78 is 14.1. The van der Waals surface area contributed by atoms with Crippen molar-refractivity contribution in [3.63, 3.8) is 0 Å². The average molecular weight is 325 g/mol. The Balaban J connectivity index is 2.11. The second kappa shape index (κ2) is 5.34. The molecule has 0 fully saturated rings. The molecule has 112 valence electrons. The highest BCUT2D eigenvalue weighted by molar-refractivity contribution is 7.15. The van der Waals surface area contributed by atoms with Gasteiger partial charge in [-0.2, -0.15) is 0 Å². The van der Waals surface area contributed by atoms with Crippen molar-refractivity contribution < 1.29 is 4.39 Å². The van der Waals surface area contributed by atoms with Crippen molar-refractivity contribution in [1.29, 1.82) is 0 Å². The molecule has 21 heavy (non-hydrogen) atoms. The van der Waals surface area contributed by atoms with Crippen LogP contribution in [0.5, 0.6) is 0 Å². The number of rotatable bonds is 2. The second-order valence-electron chi connectivity index (χ2n) is 6.31. The molecule has 0 radical (unpaired) electrons. The van der Waals surface area contributed by atoms with Crippen LogP contribution in [-0.2, 0) is 6.42 Å². The predicted octanol–water partition coefficient (Wildman–Crippen LogP) is 4.84. The monoisotopic (exact) mass is 324 g/mol. The highest BCUT2D eigenvalue weighted by atomic mass is 35.5. The van der Waals surface area contributed by atoms with E-state index < -0.39 is 0 Å². The first kappa shape index (κ1) is 14.9. The molecule has 2 aromatic rings. The molecule has 1 heterocycles. The van der Waals surface area contributed by atoms with Gasteiger partial charge in [-0.25, -0.2) is 9.37 Å². The molecule has 1 unspecified atom stereocenters. The van der Waals surface area contributed by atoms with E-state index in [9.17, 15) is 4.39 Å². The molecule has 2 nitrogen and oxygen atoms in total. The van der Waals surface area contributed by atoms with Gasteiger partial charge >= 0.3 is 0 Å². The van der Waals surface area contributed by atoms with Crippen LogP contribution < -0.4 is 5.32 Å². The third-order valence-corrected chi connectivity index (χ3v) is 5.52. The lowest BCUT2D eigenvalue weighted by Crippen LogP contribution is -2.30. The largest absolute Gasteiger partial charge is 0.312 e. The Morgan fingerprint density at radius 3 is 2.86 bits per heavy atom. The van der Waals surface area contributed by atoms with Gasteiger partial charge in [-0.05, 0) is 37.4 Å². The van der Waals surface area contributed by atoms with Crippen molar-refractivity contribution in [2.24, 2.45) is 5.41 Å². The van der Waals surface area contributed by atoms with Crippen LogP contribution >= 0.6 is 22.9 Å². The fraction of sp³-hybridized carbons (Fsp3) is 0.438. The Labute approximate surface area is 133 Å². The van der Waals surface area contributed by atoms with E-state index in [2.05, 4.69) is 19.2 Å². The van der Waals surface area contributed by atoms with Crippen LogP contribution in [-0.4, -0.2) is 12.0 Å². The minimum absolute atomic E-state index is 0.199. The van der Waals surface area contributed by atoms with Gasteiger partial charge in [0, 0.05) is 10.9 Å². The minimum atomic E-state index is -0.311. The van der Waals surface area contributed by atoms with Crippen molar-refractivity contribution >= 4 is 22.9 Å². The van der Waals surface area contributed by atoms with Gasteiger partial charge in [0.15, 0.2) is 0 Å². The Morgan fingerprint density at radius 1 is 1.43 bits per heavy atom. The van der Waals surface area contributed by atoms with Crippen molar-refractivity contribution in [3.8, 4) is 10.6 Å². The van der Waals surface area contributed by atoms with E-state index in [4.69, 9.17) is 16.6 Å². The smallest absolute Gasteiger partial charge is 0.134 e. The Bertz CT molecular complexity index is 661. The van der Waals surface area contributed by atoms with Crippen molar-refractivity contribution in [3.05, 3.63) is 39.6 Å². The average Bonchev–Trinajstić information content (AvgIpc) is 2.79. The van der Waals surface area contributed by atoms with Crippen molar-refractivity contribution in [2.75, 3.05) is 7.05 Å². The van der Waals surface area contributed by atoms with E-state index in [0.717, 1.165) is 18.5 Å². The lowest BCUT2D eigenvalue weighted by Gasteiger charge is -2.34. The maximum absolute atomic E-state index is 14.1. The third-order valence-electron chi connectivity index (χ3n) is 3.97. The van der Waals surface area contributed by atoms with Gasteiger partial charge in [-0.15, -0.1) is 11.3 Å². The molecule has 0 saturated heterocycles. The molecule has 3 rings (SSSR count).